The summed E-state index contributed by atoms with van der Waals surface area (Å²) in [6.45, 7) is 0. The summed E-state index contributed by atoms with van der Waals surface area (Å²) in [5.41, 5.74) is 8.76. The van der Waals surface area contributed by atoms with E-state index in [1.807, 2.05) is 66.7 Å². The lowest BCUT2D eigenvalue weighted by Crippen LogP contribution is -2.44. The summed E-state index contributed by atoms with van der Waals surface area (Å²) in [6, 6.07) is 20.8. The molecule has 0 bridgehead atoms. The molecule has 5 N–H and O–H groups in total. The topological polar surface area (TPSA) is 138 Å². The Balaban J connectivity index is 1.59. The molecule has 1 unspecified atom stereocenters. The van der Waals surface area contributed by atoms with Crippen molar-refractivity contribution >= 4 is 23.2 Å². The van der Waals surface area contributed by atoms with Crippen molar-refractivity contribution in [2.75, 3.05) is 0 Å². The van der Waals surface area contributed by atoms with Crippen LogP contribution in [0, 0.1) is 17.8 Å². The molecule has 7 heteroatoms. The van der Waals surface area contributed by atoms with Crippen molar-refractivity contribution in [2.24, 2.45) is 23.5 Å². The van der Waals surface area contributed by atoms with Crippen LogP contribution in [-0.2, 0) is 20.8 Å². The predicted molar refractivity (Wildman–Crippen MR) is 141 cm³/mol. The third-order valence-corrected chi connectivity index (χ3v) is 8.06. The van der Waals surface area contributed by atoms with Gasteiger partial charge in [-0.15, -0.1) is 0 Å². The first-order valence-electron chi connectivity index (χ1n) is 12.5. The van der Waals surface area contributed by atoms with Gasteiger partial charge in [-0.05, 0) is 53.0 Å². The molecule has 7 nitrogen and oxygen atoms in total. The number of aliphatic hydroxyl groups is 2. The van der Waals surface area contributed by atoms with Crippen molar-refractivity contribution in [1.82, 2.24) is 0 Å². The number of Topliss-reactive ketones (excluding diaryl/α,β-unsaturated/α-hetero) is 2. The fourth-order valence-corrected chi connectivity index (χ4v) is 6.42. The lowest BCUT2D eigenvalue weighted by Gasteiger charge is -2.41. The van der Waals surface area contributed by atoms with Crippen LogP contribution in [0.15, 0.2) is 83.6 Å². The summed E-state index contributed by atoms with van der Waals surface area (Å²) in [5, 5.41) is 33.8. The van der Waals surface area contributed by atoms with Gasteiger partial charge in [0.1, 0.15) is 22.8 Å². The third kappa shape index (κ3) is 3.46. The van der Waals surface area contributed by atoms with E-state index in [0.717, 1.165) is 16.7 Å². The van der Waals surface area contributed by atoms with Gasteiger partial charge in [-0.1, -0.05) is 60.7 Å². The largest absolute Gasteiger partial charge is 0.511 e. The van der Waals surface area contributed by atoms with Gasteiger partial charge in [0.2, 0.25) is 0 Å². The molecule has 0 aliphatic heterocycles. The van der Waals surface area contributed by atoms with Gasteiger partial charge >= 0.3 is 0 Å². The molecule has 1 saturated carbocycles. The Bertz CT molecular complexity index is 1590. The molecule has 38 heavy (non-hydrogen) atoms. The van der Waals surface area contributed by atoms with Crippen LogP contribution in [0.25, 0.3) is 28.0 Å². The molecular weight excluding hydrogens is 482 g/mol. The highest BCUT2D eigenvalue weighted by Crippen LogP contribution is 2.53. The van der Waals surface area contributed by atoms with E-state index in [2.05, 4.69) is 0 Å². The van der Waals surface area contributed by atoms with Crippen LogP contribution in [0.3, 0.4) is 0 Å². The van der Waals surface area contributed by atoms with E-state index in [1.54, 1.807) is 0 Å². The zero-order valence-electron chi connectivity index (χ0n) is 20.3. The smallest absolute Gasteiger partial charge is 0.255 e. The molecule has 3 aliphatic carbocycles. The van der Waals surface area contributed by atoms with E-state index in [1.165, 1.54) is 0 Å². The maximum Gasteiger partial charge on any atom is 0.255 e. The highest BCUT2D eigenvalue weighted by Gasteiger charge is 2.51. The standard InChI is InChI=1S/C31H25NO6/c32-31(38)26-22(33)13-18-11-17-12-21-19(15-7-3-1-4-8-15)14-20(16-9-5-2-6-10-16)27(34)25(21)29(36)23(17)28(35)24(18)30(26)37/h1-10,14,17-18,24,34,36-37H,11-13H2,(H2,32,38)/t17-,18+,24?/m1/s1. The van der Waals surface area contributed by atoms with Crippen LogP contribution < -0.4 is 5.73 Å². The number of phenolic OH excluding ortho intramolecular Hbond substituents is 1. The SMILES string of the molecule is NC(=O)C1=C(O)C2C(=O)C3=C(O)c4c(O)c(-c5ccccc5)cc(-c5ccccc5)c4C[C@H]3C[C@H]2CC1=O. The molecule has 3 aliphatic rings. The van der Waals surface area contributed by atoms with Crippen molar-refractivity contribution in [3.8, 4) is 28.0 Å². The Labute approximate surface area is 218 Å². The van der Waals surface area contributed by atoms with E-state index < -0.39 is 46.6 Å². The molecule has 3 aromatic rings. The normalized spacial score (nSPS) is 22.6. The average molecular weight is 508 g/mol. The first-order valence-corrected chi connectivity index (χ1v) is 12.5. The van der Waals surface area contributed by atoms with Gasteiger partial charge in [0.25, 0.3) is 5.91 Å². The van der Waals surface area contributed by atoms with Gasteiger partial charge in [-0.25, -0.2) is 0 Å². The van der Waals surface area contributed by atoms with Crippen molar-refractivity contribution in [3.63, 3.8) is 0 Å². The van der Waals surface area contributed by atoms with Gasteiger partial charge in [-0.3, -0.25) is 14.4 Å². The third-order valence-electron chi connectivity index (χ3n) is 8.06. The molecule has 3 atom stereocenters. The number of hydrogen-bond acceptors (Lipinski definition) is 6. The quantitative estimate of drug-likeness (QED) is 0.381. The summed E-state index contributed by atoms with van der Waals surface area (Å²) in [7, 11) is 0. The number of nitrogens with two attached hydrogens (primary N) is 1. The summed E-state index contributed by atoms with van der Waals surface area (Å²) >= 11 is 0. The van der Waals surface area contributed by atoms with Crippen LogP contribution in [0.4, 0.5) is 0 Å². The second-order valence-corrected chi connectivity index (χ2v) is 10.2. The Morgan fingerprint density at radius 3 is 2.05 bits per heavy atom. The number of hydrogen-bond donors (Lipinski definition) is 4. The lowest BCUT2D eigenvalue weighted by atomic mass is 9.61. The van der Waals surface area contributed by atoms with Crippen molar-refractivity contribution in [2.45, 2.75) is 19.3 Å². The minimum Gasteiger partial charge on any atom is -0.511 e. The van der Waals surface area contributed by atoms with Gasteiger partial charge in [0.15, 0.2) is 11.6 Å². The van der Waals surface area contributed by atoms with Gasteiger partial charge < -0.3 is 21.1 Å². The second-order valence-electron chi connectivity index (χ2n) is 10.2. The first kappa shape index (κ1) is 23.7. The number of ketones is 2. The number of allylic oxidation sites excluding steroid dienone is 2. The number of benzene rings is 3. The number of aliphatic hydroxyl groups excluding tert-OH is 2. The van der Waals surface area contributed by atoms with Gasteiger partial charge in [0.05, 0.1) is 11.5 Å². The van der Waals surface area contributed by atoms with Crippen LogP contribution >= 0.6 is 0 Å². The Morgan fingerprint density at radius 2 is 1.45 bits per heavy atom. The van der Waals surface area contributed by atoms with E-state index in [4.69, 9.17) is 5.73 Å². The Morgan fingerprint density at radius 1 is 0.842 bits per heavy atom. The molecule has 1 amide bonds. The van der Waals surface area contributed by atoms with Crippen molar-refractivity contribution in [1.29, 1.82) is 0 Å². The Kier molecular flexibility index (Phi) is 5.45. The molecule has 1 fully saturated rings. The number of fused-ring (bicyclic) bond motifs is 3. The van der Waals surface area contributed by atoms with Crippen LogP contribution in [-0.4, -0.2) is 32.8 Å². The van der Waals surface area contributed by atoms with Crippen LogP contribution in [0.5, 0.6) is 5.75 Å². The summed E-state index contributed by atoms with van der Waals surface area (Å²) < 4.78 is 0. The van der Waals surface area contributed by atoms with Crippen LogP contribution in [0.1, 0.15) is 24.0 Å². The number of amides is 1. The molecule has 0 radical (unpaired) electrons. The summed E-state index contributed by atoms with van der Waals surface area (Å²) in [5.74, 6) is -5.38. The monoisotopic (exact) mass is 507 g/mol. The fourth-order valence-electron chi connectivity index (χ4n) is 6.42. The molecule has 0 heterocycles. The molecule has 0 spiro atoms. The number of rotatable bonds is 3. The molecule has 0 aromatic heterocycles. The maximum absolute atomic E-state index is 13.8. The predicted octanol–water partition coefficient (Wildman–Crippen LogP) is 4.64. The molecule has 0 saturated heterocycles. The molecule has 6 rings (SSSR count). The van der Waals surface area contributed by atoms with E-state index in [9.17, 15) is 29.7 Å². The minimum absolute atomic E-state index is 0.0835. The fraction of sp³-hybridized carbons (Fsp3) is 0.194. The van der Waals surface area contributed by atoms with E-state index in [-0.39, 0.29) is 29.1 Å². The highest BCUT2D eigenvalue weighted by molar-refractivity contribution is 6.21. The number of carbonyl (C=O) groups is 3. The molecule has 190 valence electrons. The van der Waals surface area contributed by atoms with Gasteiger partial charge in [-0.2, -0.15) is 0 Å². The highest BCUT2D eigenvalue weighted by atomic mass is 16.3. The first-order chi connectivity index (χ1) is 18.3. The zero-order valence-corrected chi connectivity index (χ0v) is 20.3. The van der Waals surface area contributed by atoms with E-state index >= 15 is 0 Å². The van der Waals surface area contributed by atoms with Crippen molar-refractivity contribution < 1.29 is 29.7 Å². The Hall–Kier alpha value is -4.65. The number of primary amides is 1. The molecular formula is C31H25NO6. The van der Waals surface area contributed by atoms with E-state index in [0.29, 0.717) is 24.0 Å². The van der Waals surface area contributed by atoms with Crippen molar-refractivity contribution in [3.05, 3.63) is 94.8 Å². The number of carbonyl (C=O) groups excluding carboxylic acids is 3. The summed E-state index contributed by atoms with van der Waals surface area (Å²) in [6.07, 6.45) is 0.629. The summed E-state index contributed by atoms with van der Waals surface area (Å²) in [4.78, 5) is 38.2. The van der Waals surface area contributed by atoms with Crippen LogP contribution in [0.2, 0.25) is 0 Å². The number of aromatic hydroxyl groups is 1. The lowest BCUT2D eigenvalue weighted by molar-refractivity contribution is -0.127. The minimum atomic E-state index is -1.14. The zero-order chi connectivity index (χ0) is 26.7. The number of phenols is 1. The average Bonchev–Trinajstić information content (AvgIpc) is 2.89. The van der Waals surface area contributed by atoms with Gasteiger partial charge in [0, 0.05) is 17.6 Å². The maximum atomic E-state index is 13.8. The molecule has 3 aromatic carbocycles. The second kappa shape index (κ2) is 8.73.